The van der Waals surface area contributed by atoms with Gasteiger partial charge >= 0.3 is 0 Å². The highest BCUT2D eigenvalue weighted by molar-refractivity contribution is 7.45. The lowest BCUT2D eigenvalue weighted by molar-refractivity contribution is -0.767. The summed E-state index contributed by atoms with van der Waals surface area (Å²) >= 11 is 0. The summed E-state index contributed by atoms with van der Waals surface area (Å²) < 4.78 is 26.3. The lowest BCUT2D eigenvalue weighted by Gasteiger charge is -2.24. The number of aromatic nitrogens is 1. The van der Waals surface area contributed by atoms with Crippen LogP contribution in [-0.2, 0) is 18.3 Å². The summed E-state index contributed by atoms with van der Waals surface area (Å²) in [6.07, 6.45) is -3.20. The van der Waals surface area contributed by atoms with Crippen molar-refractivity contribution < 1.29 is 42.8 Å². The number of rotatable bonds is 5. The molecule has 23 heavy (non-hydrogen) atoms. The number of ether oxygens (including phenoxy) is 1. The maximum absolute atomic E-state index is 11.2. The van der Waals surface area contributed by atoms with Gasteiger partial charge in [0.25, 0.3) is 20.0 Å². The number of amides is 1. The molecule has 0 saturated carbocycles. The van der Waals surface area contributed by atoms with E-state index in [1.165, 1.54) is 29.1 Å². The summed E-state index contributed by atoms with van der Waals surface area (Å²) in [6.45, 7) is 0. The molecule has 1 saturated heterocycles. The largest absolute Gasteiger partial charge is 0.756 e. The highest BCUT2D eigenvalue weighted by atomic mass is 31.2. The van der Waals surface area contributed by atoms with E-state index < -0.39 is 38.5 Å². The van der Waals surface area contributed by atoms with Crippen molar-refractivity contribution in [3.63, 3.8) is 0 Å². The van der Waals surface area contributed by atoms with Crippen molar-refractivity contribution >= 4 is 36.8 Å². The first kappa shape index (κ1) is 20.4. The summed E-state index contributed by atoms with van der Waals surface area (Å²) in [5.41, 5.74) is 5.29. The minimum atomic E-state index is -4.66. The van der Waals surface area contributed by atoms with Gasteiger partial charge in [0.2, 0.25) is 6.29 Å². The van der Waals surface area contributed by atoms with Crippen LogP contribution in [0.25, 0.3) is 0 Å². The maximum atomic E-state index is 11.2. The van der Waals surface area contributed by atoms with Gasteiger partial charge in [-0.1, -0.05) is 0 Å². The van der Waals surface area contributed by atoms with Crippen LogP contribution in [0.2, 0.25) is 0 Å². The molecule has 2 radical (unpaired) electrons. The molecule has 0 aromatic carbocycles. The molecule has 2 rings (SSSR count). The van der Waals surface area contributed by atoms with E-state index in [0.717, 1.165) is 7.11 Å². The summed E-state index contributed by atoms with van der Waals surface area (Å²) in [5, 5.41) is 19.8. The quantitative estimate of drug-likeness (QED) is 0.294. The van der Waals surface area contributed by atoms with Gasteiger partial charge in [-0.3, -0.25) is 18.6 Å². The van der Waals surface area contributed by atoms with Crippen LogP contribution in [0.4, 0.5) is 0 Å². The van der Waals surface area contributed by atoms with Gasteiger partial charge in [0.15, 0.2) is 18.5 Å². The average molecular weight is 359 g/mol. The molecule has 0 aliphatic carbocycles. The number of nitrogens with zero attached hydrogens (tertiary/aromatic N) is 1. The molecular formula is C11H15MgN2O8P. The molecule has 5 atom stereocenters. The number of aliphatic hydroxyl groups is 2. The molecule has 1 aromatic rings. The SMILES string of the molecule is COP(=O)([O-])O[C@H]1O[C@@H]([n+]2cccc(C(N)=O)c2)[C@H](O)[C@@H]1O.[Mg]. The molecule has 124 valence electrons. The fraction of sp³-hybridized carbons (Fsp3) is 0.455. The number of phosphoric acid groups is 1. The first-order valence-corrected chi connectivity index (χ1v) is 7.58. The predicted molar refractivity (Wildman–Crippen MR) is 72.5 cm³/mol. The van der Waals surface area contributed by atoms with Crippen molar-refractivity contribution in [1.82, 2.24) is 0 Å². The van der Waals surface area contributed by atoms with E-state index in [-0.39, 0.29) is 28.6 Å². The van der Waals surface area contributed by atoms with Crippen LogP contribution >= 0.6 is 7.82 Å². The van der Waals surface area contributed by atoms with Gasteiger partial charge in [0.05, 0.1) is 0 Å². The van der Waals surface area contributed by atoms with E-state index in [0.29, 0.717) is 0 Å². The van der Waals surface area contributed by atoms with Crippen molar-refractivity contribution in [3.05, 3.63) is 30.1 Å². The number of primary amides is 1. The summed E-state index contributed by atoms with van der Waals surface area (Å²) in [6, 6.07) is 2.92. The van der Waals surface area contributed by atoms with Crippen LogP contribution in [0, 0.1) is 0 Å². The molecule has 12 heteroatoms. The second kappa shape index (κ2) is 7.97. The van der Waals surface area contributed by atoms with Crippen molar-refractivity contribution in [2.24, 2.45) is 5.73 Å². The number of hydrogen-bond donors (Lipinski definition) is 3. The maximum Gasteiger partial charge on any atom is 0.294 e. The molecule has 1 aliphatic rings. The average Bonchev–Trinajstić information content (AvgIpc) is 2.75. The molecule has 4 N–H and O–H groups in total. The van der Waals surface area contributed by atoms with Crippen LogP contribution in [0.1, 0.15) is 16.6 Å². The van der Waals surface area contributed by atoms with Gasteiger partial charge in [0.1, 0.15) is 11.7 Å². The smallest absolute Gasteiger partial charge is 0.294 e. The minimum Gasteiger partial charge on any atom is -0.756 e. The number of hydrogen-bond acceptors (Lipinski definition) is 8. The number of phosphoric ester groups is 1. The van der Waals surface area contributed by atoms with E-state index in [1.54, 1.807) is 0 Å². The third kappa shape index (κ3) is 4.69. The van der Waals surface area contributed by atoms with Gasteiger partial charge in [-0.25, -0.2) is 0 Å². The molecule has 1 aliphatic heterocycles. The van der Waals surface area contributed by atoms with Crippen LogP contribution < -0.4 is 15.2 Å². The standard InChI is InChI=1S/C11H15N2O8P.Mg/c1-19-22(17,18)21-11-8(15)7(14)10(20-11)13-4-2-3-6(5-13)9(12)16;/h2-5,7-8,10-11,14-15H,1H3,(H2-,12,16,17,18);/t7-,8+,10-,11-;/m1./s1. The molecule has 0 spiro atoms. The van der Waals surface area contributed by atoms with E-state index in [1.807, 2.05) is 0 Å². The zero-order chi connectivity index (χ0) is 16.5. The number of carbonyl (C=O) groups excluding carboxylic acids is 1. The first-order chi connectivity index (χ1) is 10.2. The Hall–Kier alpha value is -0.624. The van der Waals surface area contributed by atoms with Crippen molar-refractivity contribution in [2.75, 3.05) is 7.11 Å². The van der Waals surface area contributed by atoms with Crippen molar-refractivity contribution in [3.8, 4) is 0 Å². The fourth-order valence-electron chi connectivity index (χ4n) is 1.93. The Morgan fingerprint density at radius 2 is 2.13 bits per heavy atom. The van der Waals surface area contributed by atoms with Gasteiger partial charge < -0.3 is 25.4 Å². The normalized spacial score (nSPS) is 29.6. The zero-order valence-electron chi connectivity index (χ0n) is 12.1. The van der Waals surface area contributed by atoms with E-state index in [2.05, 4.69) is 9.05 Å². The third-order valence-electron chi connectivity index (χ3n) is 3.05. The van der Waals surface area contributed by atoms with Crippen LogP contribution in [0.3, 0.4) is 0 Å². The molecule has 1 fully saturated rings. The van der Waals surface area contributed by atoms with Crippen molar-refractivity contribution in [1.29, 1.82) is 0 Å². The minimum absolute atomic E-state index is 0. The second-order valence-corrected chi connectivity index (χ2v) is 5.99. The van der Waals surface area contributed by atoms with Gasteiger partial charge in [-0.05, 0) is 6.07 Å². The summed E-state index contributed by atoms with van der Waals surface area (Å²) in [4.78, 5) is 22.4. The molecular weight excluding hydrogens is 343 g/mol. The fourth-order valence-corrected chi connectivity index (χ4v) is 2.44. The Morgan fingerprint density at radius 1 is 1.48 bits per heavy atom. The number of aliphatic hydroxyl groups excluding tert-OH is 2. The van der Waals surface area contributed by atoms with Crippen molar-refractivity contribution in [2.45, 2.75) is 24.7 Å². The molecule has 1 unspecified atom stereocenters. The highest BCUT2D eigenvalue weighted by Crippen LogP contribution is 2.42. The molecule has 2 heterocycles. The number of carbonyl (C=O) groups is 1. The van der Waals surface area contributed by atoms with Crippen LogP contribution in [-0.4, -0.2) is 64.8 Å². The Morgan fingerprint density at radius 3 is 2.70 bits per heavy atom. The van der Waals surface area contributed by atoms with E-state index in [9.17, 15) is 24.5 Å². The molecule has 1 amide bonds. The van der Waals surface area contributed by atoms with E-state index >= 15 is 0 Å². The van der Waals surface area contributed by atoms with Gasteiger partial charge in [-0.2, -0.15) is 4.57 Å². The lowest BCUT2D eigenvalue weighted by Crippen LogP contribution is -2.46. The third-order valence-corrected chi connectivity index (χ3v) is 3.96. The molecule has 10 nitrogen and oxygen atoms in total. The van der Waals surface area contributed by atoms with Gasteiger partial charge in [0, 0.05) is 36.2 Å². The number of pyridine rings is 1. The molecule has 0 bridgehead atoms. The highest BCUT2D eigenvalue weighted by Gasteiger charge is 2.50. The summed E-state index contributed by atoms with van der Waals surface area (Å²) in [7, 11) is -3.78. The molecule has 1 aromatic heterocycles. The van der Waals surface area contributed by atoms with Gasteiger partial charge in [-0.15, -0.1) is 0 Å². The predicted octanol–water partition coefficient (Wildman–Crippen LogP) is -2.60. The van der Waals surface area contributed by atoms with Crippen LogP contribution in [0.5, 0.6) is 0 Å². The Bertz CT molecular complexity index is 617. The topological polar surface area (TPSA) is 155 Å². The van der Waals surface area contributed by atoms with Crippen LogP contribution in [0.15, 0.2) is 24.5 Å². The Balaban J connectivity index is 0.00000264. The number of nitrogens with two attached hydrogens (primary N) is 1. The Kier molecular flexibility index (Phi) is 7.07. The monoisotopic (exact) mass is 358 g/mol. The van der Waals surface area contributed by atoms with E-state index in [4.69, 9.17) is 10.5 Å². The summed E-state index contributed by atoms with van der Waals surface area (Å²) in [5.74, 6) is -0.696. The first-order valence-electron chi connectivity index (χ1n) is 6.12. The Labute approximate surface area is 147 Å². The lowest BCUT2D eigenvalue weighted by atomic mass is 10.2. The second-order valence-electron chi connectivity index (χ2n) is 4.52. The zero-order valence-corrected chi connectivity index (χ0v) is 14.5.